The second kappa shape index (κ2) is 8.74. The molecule has 1 fully saturated rings. The van der Waals surface area contributed by atoms with Gasteiger partial charge in [0.15, 0.2) is 0 Å². The average Bonchev–Trinajstić information content (AvgIpc) is 2.67. The van der Waals surface area contributed by atoms with Crippen molar-refractivity contribution in [2.45, 2.75) is 6.04 Å². The van der Waals surface area contributed by atoms with Gasteiger partial charge in [0.1, 0.15) is 11.5 Å². The van der Waals surface area contributed by atoms with E-state index in [1.165, 1.54) is 0 Å². The summed E-state index contributed by atoms with van der Waals surface area (Å²) in [6, 6.07) is 15.1. The fraction of sp³-hybridized carbons (Fsp3) is 0.316. The van der Waals surface area contributed by atoms with Crippen molar-refractivity contribution < 1.29 is 14.3 Å². The van der Waals surface area contributed by atoms with Gasteiger partial charge in [-0.3, -0.25) is 4.79 Å². The van der Waals surface area contributed by atoms with Gasteiger partial charge in [-0.15, -0.1) is 12.4 Å². The summed E-state index contributed by atoms with van der Waals surface area (Å²) in [5.74, 6) is 1.37. The minimum Gasteiger partial charge on any atom is -0.496 e. The topological polar surface area (TPSA) is 50.8 Å². The Balaban J connectivity index is 0.00000225. The first-order chi connectivity index (χ1) is 11.8. The SMILES string of the molecule is COc1ccccc1C(=O)N1CCNCC1c1ccccc1OC.Cl. The number of nitrogens with zero attached hydrogens (tertiary/aromatic N) is 1. The maximum absolute atomic E-state index is 13.1. The van der Waals surface area contributed by atoms with E-state index in [1.807, 2.05) is 53.4 Å². The first kappa shape index (κ1) is 19.1. The molecule has 0 saturated carbocycles. The van der Waals surface area contributed by atoms with Crippen molar-refractivity contribution in [2.75, 3.05) is 33.9 Å². The fourth-order valence-electron chi connectivity index (χ4n) is 3.14. The number of nitrogens with one attached hydrogen (secondary N) is 1. The average molecular weight is 363 g/mol. The second-order valence-corrected chi connectivity index (χ2v) is 5.66. The lowest BCUT2D eigenvalue weighted by molar-refractivity contribution is 0.0628. The van der Waals surface area contributed by atoms with Gasteiger partial charge in [0.2, 0.25) is 0 Å². The summed E-state index contributed by atoms with van der Waals surface area (Å²) >= 11 is 0. The molecule has 1 unspecified atom stereocenters. The fourth-order valence-corrected chi connectivity index (χ4v) is 3.14. The zero-order valence-corrected chi connectivity index (χ0v) is 15.2. The van der Waals surface area contributed by atoms with Crippen molar-refractivity contribution in [3.05, 3.63) is 59.7 Å². The number of piperazine rings is 1. The van der Waals surface area contributed by atoms with Gasteiger partial charge in [-0.1, -0.05) is 30.3 Å². The third-order valence-corrected chi connectivity index (χ3v) is 4.34. The lowest BCUT2D eigenvalue weighted by atomic mass is 10.0. The van der Waals surface area contributed by atoms with Crippen molar-refractivity contribution in [3.8, 4) is 11.5 Å². The molecule has 1 amide bonds. The Morgan fingerprint density at radius 1 is 1.04 bits per heavy atom. The quantitative estimate of drug-likeness (QED) is 0.908. The number of methoxy groups -OCH3 is 2. The number of carbonyl (C=O) groups is 1. The molecule has 1 saturated heterocycles. The van der Waals surface area contributed by atoms with Gasteiger partial charge in [0.05, 0.1) is 25.8 Å². The molecule has 0 aliphatic carbocycles. The lowest BCUT2D eigenvalue weighted by Gasteiger charge is -2.37. The Labute approximate surface area is 154 Å². The van der Waals surface area contributed by atoms with Gasteiger partial charge < -0.3 is 19.7 Å². The molecule has 1 heterocycles. The van der Waals surface area contributed by atoms with Crippen LogP contribution in [0.15, 0.2) is 48.5 Å². The van der Waals surface area contributed by atoms with Crippen LogP contribution >= 0.6 is 12.4 Å². The van der Waals surface area contributed by atoms with Crippen LogP contribution in [0.2, 0.25) is 0 Å². The van der Waals surface area contributed by atoms with Gasteiger partial charge >= 0.3 is 0 Å². The van der Waals surface area contributed by atoms with Gasteiger partial charge in [0, 0.05) is 25.2 Å². The highest BCUT2D eigenvalue weighted by molar-refractivity contribution is 5.97. The number of hydrogen-bond donors (Lipinski definition) is 1. The maximum Gasteiger partial charge on any atom is 0.258 e. The first-order valence-corrected chi connectivity index (χ1v) is 8.04. The Hall–Kier alpha value is -2.24. The monoisotopic (exact) mass is 362 g/mol. The van der Waals surface area contributed by atoms with E-state index in [4.69, 9.17) is 9.47 Å². The van der Waals surface area contributed by atoms with E-state index < -0.39 is 0 Å². The predicted octanol–water partition coefficient (Wildman–Crippen LogP) is 2.91. The maximum atomic E-state index is 13.1. The minimum atomic E-state index is -0.0766. The van der Waals surface area contributed by atoms with Crippen LogP contribution in [0, 0.1) is 0 Å². The van der Waals surface area contributed by atoms with Gasteiger partial charge in [-0.2, -0.15) is 0 Å². The molecule has 6 heteroatoms. The summed E-state index contributed by atoms with van der Waals surface area (Å²) in [6.45, 7) is 2.10. The Bertz CT molecular complexity index is 723. The highest BCUT2D eigenvalue weighted by Crippen LogP contribution is 2.32. The molecule has 3 rings (SSSR count). The molecule has 0 spiro atoms. The van der Waals surface area contributed by atoms with Crippen molar-refractivity contribution >= 4 is 18.3 Å². The molecule has 1 aliphatic rings. The molecule has 5 nitrogen and oxygen atoms in total. The third kappa shape index (κ3) is 3.89. The lowest BCUT2D eigenvalue weighted by Crippen LogP contribution is -2.48. The van der Waals surface area contributed by atoms with Gasteiger partial charge in [-0.25, -0.2) is 0 Å². The normalized spacial score (nSPS) is 16.7. The summed E-state index contributed by atoms with van der Waals surface area (Å²) in [5, 5.41) is 3.37. The number of para-hydroxylation sites is 2. The molecular weight excluding hydrogens is 340 g/mol. The Morgan fingerprint density at radius 3 is 2.40 bits per heavy atom. The summed E-state index contributed by atoms with van der Waals surface area (Å²) < 4.78 is 10.8. The van der Waals surface area contributed by atoms with Crippen LogP contribution in [0.1, 0.15) is 22.0 Å². The molecule has 0 radical (unpaired) electrons. The molecule has 0 bridgehead atoms. The molecule has 0 aromatic heterocycles. The highest BCUT2D eigenvalue weighted by Gasteiger charge is 2.31. The van der Waals surface area contributed by atoms with E-state index in [0.717, 1.165) is 17.9 Å². The second-order valence-electron chi connectivity index (χ2n) is 5.66. The number of halogens is 1. The molecular formula is C19H23ClN2O3. The summed E-state index contributed by atoms with van der Waals surface area (Å²) in [5.41, 5.74) is 1.59. The van der Waals surface area contributed by atoms with Crippen molar-refractivity contribution in [2.24, 2.45) is 0 Å². The number of ether oxygens (including phenoxy) is 2. The third-order valence-electron chi connectivity index (χ3n) is 4.34. The number of hydrogen-bond acceptors (Lipinski definition) is 4. The van der Waals surface area contributed by atoms with Crippen LogP contribution in [0.5, 0.6) is 11.5 Å². The van der Waals surface area contributed by atoms with E-state index in [0.29, 0.717) is 24.4 Å². The van der Waals surface area contributed by atoms with E-state index in [1.54, 1.807) is 14.2 Å². The van der Waals surface area contributed by atoms with E-state index in [-0.39, 0.29) is 24.4 Å². The highest BCUT2D eigenvalue weighted by atomic mass is 35.5. The molecule has 1 atom stereocenters. The van der Waals surface area contributed by atoms with Crippen molar-refractivity contribution in [3.63, 3.8) is 0 Å². The van der Waals surface area contributed by atoms with Crippen molar-refractivity contribution in [1.29, 1.82) is 0 Å². The van der Waals surface area contributed by atoms with Crippen LogP contribution in [0.4, 0.5) is 0 Å². The molecule has 25 heavy (non-hydrogen) atoms. The summed E-state index contributed by atoms with van der Waals surface area (Å²) in [7, 11) is 3.24. The summed E-state index contributed by atoms with van der Waals surface area (Å²) in [6.07, 6.45) is 0. The van der Waals surface area contributed by atoms with Crippen molar-refractivity contribution in [1.82, 2.24) is 10.2 Å². The van der Waals surface area contributed by atoms with Crippen LogP contribution in [0.3, 0.4) is 0 Å². The zero-order valence-electron chi connectivity index (χ0n) is 14.4. The largest absolute Gasteiger partial charge is 0.496 e. The molecule has 1 N–H and O–H groups in total. The summed E-state index contributed by atoms with van der Waals surface area (Å²) in [4.78, 5) is 15.0. The number of amides is 1. The van der Waals surface area contributed by atoms with E-state index in [9.17, 15) is 4.79 Å². The van der Waals surface area contributed by atoms with Crippen LogP contribution in [-0.4, -0.2) is 44.7 Å². The zero-order chi connectivity index (χ0) is 16.9. The standard InChI is InChI=1S/C19H22N2O3.ClH/c1-23-17-9-5-3-7-14(17)16-13-20-11-12-21(16)19(22)15-8-4-6-10-18(15)24-2;/h3-10,16,20H,11-13H2,1-2H3;1H. The number of rotatable bonds is 4. The molecule has 2 aromatic carbocycles. The van der Waals surface area contributed by atoms with Crippen LogP contribution < -0.4 is 14.8 Å². The number of carbonyl (C=O) groups excluding carboxylic acids is 1. The molecule has 134 valence electrons. The Morgan fingerprint density at radius 2 is 1.68 bits per heavy atom. The van der Waals surface area contributed by atoms with E-state index >= 15 is 0 Å². The molecule has 1 aliphatic heterocycles. The van der Waals surface area contributed by atoms with E-state index in [2.05, 4.69) is 5.32 Å². The molecule has 2 aromatic rings. The number of benzene rings is 2. The smallest absolute Gasteiger partial charge is 0.258 e. The van der Waals surface area contributed by atoms with Gasteiger partial charge in [-0.05, 0) is 18.2 Å². The van der Waals surface area contributed by atoms with Crippen LogP contribution in [-0.2, 0) is 0 Å². The Kier molecular flexibility index (Phi) is 6.67. The first-order valence-electron chi connectivity index (χ1n) is 8.04. The minimum absolute atomic E-state index is 0. The predicted molar refractivity (Wildman–Crippen MR) is 99.9 cm³/mol. The van der Waals surface area contributed by atoms with Crippen LogP contribution in [0.25, 0.3) is 0 Å². The van der Waals surface area contributed by atoms with Gasteiger partial charge in [0.25, 0.3) is 5.91 Å².